The van der Waals surface area contributed by atoms with Gasteiger partial charge >= 0.3 is 0 Å². The highest BCUT2D eigenvalue weighted by Gasteiger charge is 2.17. The summed E-state index contributed by atoms with van der Waals surface area (Å²) in [5.41, 5.74) is 7.42. The van der Waals surface area contributed by atoms with E-state index < -0.39 is 12.1 Å². The minimum atomic E-state index is -0.803. The molecule has 0 spiro atoms. The van der Waals surface area contributed by atoms with Gasteiger partial charge in [-0.05, 0) is 29.8 Å². The van der Waals surface area contributed by atoms with E-state index in [1.165, 1.54) is 0 Å². The molecule has 2 unspecified atom stereocenters. The normalized spacial score (nSPS) is 12.5. The average Bonchev–Trinajstić information content (AvgIpc) is 2.62. The maximum absolute atomic E-state index is 10.5. The molecule has 4 heteroatoms. The highest BCUT2D eigenvalue weighted by molar-refractivity contribution is 5.74. The van der Waals surface area contributed by atoms with Crippen molar-refractivity contribution in [3.05, 3.63) is 65.7 Å². The van der Waals surface area contributed by atoms with E-state index in [-0.39, 0.29) is 6.61 Å². The molecular formula is C18H23NO3. The molecule has 2 aromatic rings. The Morgan fingerprint density at radius 3 is 2.23 bits per heavy atom. The van der Waals surface area contributed by atoms with E-state index in [1.807, 2.05) is 44.2 Å². The Bertz CT molecular complexity index is 540. The fraction of sp³-hybridized carbons (Fsp3) is 0.278. The molecule has 0 saturated heterocycles. The molecular weight excluding hydrogens is 278 g/mol. The monoisotopic (exact) mass is 301 g/mol. The molecule has 118 valence electrons. The highest BCUT2D eigenvalue weighted by Crippen LogP contribution is 2.16. The summed E-state index contributed by atoms with van der Waals surface area (Å²) in [6.45, 7) is 4.09. The summed E-state index contributed by atoms with van der Waals surface area (Å²) in [7, 11) is 0. The van der Waals surface area contributed by atoms with Crippen molar-refractivity contribution >= 4 is 6.29 Å². The summed E-state index contributed by atoms with van der Waals surface area (Å²) in [6, 6.07) is 15.6. The van der Waals surface area contributed by atoms with Crippen LogP contribution in [0.4, 0.5) is 0 Å². The molecule has 0 aliphatic rings. The molecule has 2 rings (SSSR count). The van der Waals surface area contributed by atoms with E-state index >= 15 is 0 Å². The zero-order valence-electron chi connectivity index (χ0n) is 13.0. The number of aliphatic hydroxyl groups excluding tert-OH is 1. The number of carbonyl (C=O) groups excluding carboxylic acids is 1. The lowest BCUT2D eigenvalue weighted by Crippen LogP contribution is -2.31. The summed E-state index contributed by atoms with van der Waals surface area (Å²) in [6.07, 6.45) is -0.0348. The Balaban J connectivity index is 0.00000116. The second-order valence-corrected chi connectivity index (χ2v) is 4.50. The van der Waals surface area contributed by atoms with Gasteiger partial charge in [0, 0.05) is 5.56 Å². The molecule has 22 heavy (non-hydrogen) atoms. The minimum absolute atomic E-state index is 0.0937. The summed E-state index contributed by atoms with van der Waals surface area (Å²) in [4.78, 5) is 10.5. The van der Waals surface area contributed by atoms with E-state index in [2.05, 4.69) is 0 Å². The first-order valence-corrected chi connectivity index (χ1v) is 7.37. The lowest BCUT2D eigenvalue weighted by atomic mass is 10.0. The Kier molecular flexibility index (Phi) is 7.89. The lowest BCUT2D eigenvalue weighted by Gasteiger charge is -2.19. The number of carbonyl (C=O) groups is 1. The van der Waals surface area contributed by atoms with Gasteiger partial charge in [-0.1, -0.05) is 44.2 Å². The first-order valence-electron chi connectivity index (χ1n) is 7.37. The molecule has 0 saturated carbocycles. The molecule has 0 aliphatic carbocycles. The summed E-state index contributed by atoms with van der Waals surface area (Å²) < 4.78 is 5.46. The van der Waals surface area contributed by atoms with Crippen molar-refractivity contribution in [2.45, 2.75) is 26.0 Å². The topological polar surface area (TPSA) is 72.6 Å². The molecule has 4 nitrogen and oxygen atoms in total. The van der Waals surface area contributed by atoms with E-state index in [9.17, 15) is 9.90 Å². The van der Waals surface area contributed by atoms with Crippen LogP contribution in [0.15, 0.2) is 54.6 Å². The Morgan fingerprint density at radius 2 is 1.68 bits per heavy atom. The highest BCUT2D eigenvalue weighted by atomic mass is 16.5. The van der Waals surface area contributed by atoms with Crippen molar-refractivity contribution in [2.24, 2.45) is 5.73 Å². The third-order valence-corrected chi connectivity index (χ3v) is 3.04. The van der Waals surface area contributed by atoms with Crippen molar-refractivity contribution in [1.29, 1.82) is 0 Å². The molecule has 0 bridgehead atoms. The predicted molar refractivity (Wildman–Crippen MR) is 88.0 cm³/mol. The largest absolute Gasteiger partial charge is 0.491 e. The van der Waals surface area contributed by atoms with Crippen LogP contribution < -0.4 is 10.5 Å². The van der Waals surface area contributed by atoms with Crippen LogP contribution in [0.2, 0.25) is 0 Å². The van der Waals surface area contributed by atoms with Gasteiger partial charge in [-0.2, -0.15) is 0 Å². The molecule has 2 atom stereocenters. The fourth-order valence-electron chi connectivity index (χ4n) is 1.83. The van der Waals surface area contributed by atoms with Gasteiger partial charge in [0.25, 0.3) is 0 Å². The van der Waals surface area contributed by atoms with Gasteiger partial charge in [0.05, 0.1) is 6.04 Å². The average molecular weight is 301 g/mol. The molecule has 0 fully saturated rings. The van der Waals surface area contributed by atoms with Crippen LogP contribution in [0.5, 0.6) is 5.75 Å². The molecule has 2 aromatic carbocycles. The van der Waals surface area contributed by atoms with Crippen LogP contribution in [0.1, 0.15) is 35.8 Å². The third-order valence-electron chi connectivity index (χ3n) is 3.04. The van der Waals surface area contributed by atoms with Gasteiger partial charge in [0.15, 0.2) is 0 Å². The zero-order chi connectivity index (χ0) is 16.4. The van der Waals surface area contributed by atoms with E-state index in [0.717, 1.165) is 11.8 Å². The van der Waals surface area contributed by atoms with Gasteiger partial charge in [-0.15, -0.1) is 0 Å². The third kappa shape index (κ3) is 5.31. The Hall–Kier alpha value is -2.17. The predicted octanol–water partition coefficient (Wildman–Crippen LogP) is 2.97. The van der Waals surface area contributed by atoms with Crippen LogP contribution >= 0.6 is 0 Å². The van der Waals surface area contributed by atoms with Gasteiger partial charge in [-0.25, -0.2) is 0 Å². The minimum Gasteiger partial charge on any atom is -0.491 e. The summed E-state index contributed by atoms with van der Waals surface area (Å²) in [5.74, 6) is 0.593. The van der Waals surface area contributed by atoms with Crippen LogP contribution in [0, 0.1) is 0 Å². The zero-order valence-corrected chi connectivity index (χ0v) is 13.0. The smallest absolute Gasteiger partial charge is 0.150 e. The maximum atomic E-state index is 10.5. The number of ether oxygens (including phenoxy) is 1. The van der Waals surface area contributed by atoms with E-state index in [4.69, 9.17) is 10.5 Å². The lowest BCUT2D eigenvalue weighted by molar-refractivity contribution is 0.0851. The number of aldehydes is 1. The van der Waals surface area contributed by atoms with E-state index in [0.29, 0.717) is 11.3 Å². The van der Waals surface area contributed by atoms with Crippen LogP contribution in [-0.2, 0) is 0 Å². The number of hydrogen-bond acceptors (Lipinski definition) is 4. The summed E-state index contributed by atoms with van der Waals surface area (Å²) >= 11 is 0. The summed E-state index contributed by atoms with van der Waals surface area (Å²) in [5, 5.41) is 10.0. The number of benzene rings is 2. The van der Waals surface area contributed by atoms with Crippen LogP contribution in [-0.4, -0.2) is 24.1 Å². The first-order chi connectivity index (χ1) is 10.7. The maximum Gasteiger partial charge on any atom is 0.150 e. The number of hydrogen-bond donors (Lipinski definition) is 2. The Morgan fingerprint density at radius 1 is 1.09 bits per heavy atom. The number of nitrogens with two attached hydrogens (primary N) is 1. The van der Waals surface area contributed by atoms with Crippen molar-refractivity contribution < 1.29 is 14.6 Å². The van der Waals surface area contributed by atoms with Gasteiger partial charge in [0.2, 0.25) is 0 Å². The first kappa shape index (κ1) is 17.9. The van der Waals surface area contributed by atoms with Crippen molar-refractivity contribution in [3.8, 4) is 5.75 Å². The Labute approximate surface area is 131 Å². The standard InChI is InChI=1S/C16H17NO3.C2H6/c17-16(13-4-2-1-3-5-13)15(19)11-20-14-8-6-12(10-18)7-9-14;1-2/h1-10,15-16,19H,11,17H2;1-2H3. The van der Waals surface area contributed by atoms with Crippen molar-refractivity contribution in [3.63, 3.8) is 0 Å². The van der Waals surface area contributed by atoms with Crippen LogP contribution in [0.25, 0.3) is 0 Å². The molecule has 0 heterocycles. The van der Waals surface area contributed by atoms with Crippen molar-refractivity contribution in [2.75, 3.05) is 6.61 Å². The van der Waals surface area contributed by atoms with Gasteiger partial charge < -0.3 is 15.6 Å². The van der Waals surface area contributed by atoms with Crippen LogP contribution in [0.3, 0.4) is 0 Å². The van der Waals surface area contributed by atoms with Gasteiger partial charge in [0.1, 0.15) is 24.7 Å². The quantitative estimate of drug-likeness (QED) is 0.805. The van der Waals surface area contributed by atoms with Gasteiger partial charge in [-0.3, -0.25) is 4.79 Å². The van der Waals surface area contributed by atoms with E-state index in [1.54, 1.807) is 24.3 Å². The number of aliphatic hydroxyl groups is 1. The fourth-order valence-corrected chi connectivity index (χ4v) is 1.83. The molecule has 0 radical (unpaired) electrons. The second-order valence-electron chi connectivity index (χ2n) is 4.50. The molecule has 0 amide bonds. The number of rotatable bonds is 6. The molecule has 3 N–H and O–H groups in total. The SMILES string of the molecule is CC.NC(c1ccccc1)C(O)COc1ccc(C=O)cc1. The van der Waals surface area contributed by atoms with Crippen molar-refractivity contribution in [1.82, 2.24) is 0 Å². The molecule has 0 aliphatic heterocycles. The second kappa shape index (κ2) is 9.71. The molecule has 0 aromatic heterocycles.